The molecule has 0 aliphatic carbocycles. The van der Waals surface area contributed by atoms with Gasteiger partial charge in [0.2, 0.25) is 5.89 Å². The van der Waals surface area contributed by atoms with Gasteiger partial charge in [-0.1, -0.05) is 51.9 Å². The van der Waals surface area contributed by atoms with E-state index < -0.39 is 0 Å². The van der Waals surface area contributed by atoms with Crippen LogP contribution in [-0.4, -0.2) is 22.6 Å². The molecule has 1 N–H and O–H groups in total. The number of aromatic nitrogens is 2. The highest BCUT2D eigenvalue weighted by Crippen LogP contribution is 2.19. The lowest BCUT2D eigenvalue weighted by Gasteiger charge is -2.10. The highest BCUT2D eigenvalue weighted by Gasteiger charge is 2.24. The molecule has 0 spiro atoms. The minimum absolute atomic E-state index is 0.0941. The average Bonchev–Trinajstić information content (AvgIpc) is 2.82. The van der Waals surface area contributed by atoms with Gasteiger partial charge in [-0.15, -0.1) is 0 Å². The molecule has 0 aliphatic heterocycles. The van der Waals surface area contributed by atoms with Crippen LogP contribution >= 0.6 is 0 Å². The first kappa shape index (κ1) is 15.4. The molecule has 1 amide bonds. The van der Waals surface area contributed by atoms with Crippen molar-refractivity contribution in [2.24, 2.45) is 5.92 Å². The number of hydrogen-bond acceptors (Lipinski definition) is 4. The van der Waals surface area contributed by atoms with Gasteiger partial charge in [0, 0.05) is 12.0 Å². The molecule has 1 aromatic rings. The minimum atomic E-state index is -0.295. The van der Waals surface area contributed by atoms with Crippen LogP contribution in [0.2, 0.25) is 0 Å². The fourth-order valence-corrected chi connectivity index (χ4v) is 1.39. The van der Waals surface area contributed by atoms with Crippen molar-refractivity contribution in [2.75, 3.05) is 6.54 Å². The van der Waals surface area contributed by atoms with E-state index in [0.717, 1.165) is 6.42 Å². The van der Waals surface area contributed by atoms with E-state index in [1.807, 2.05) is 27.7 Å². The van der Waals surface area contributed by atoms with Gasteiger partial charge >= 0.3 is 0 Å². The largest absolute Gasteiger partial charge is 0.349 e. The fraction of sp³-hybridized carbons (Fsp3) is 0.643. The van der Waals surface area contributed by atoms with Gasteiger partial charge < -0.3 is 9.84 Å². The third kappa shape index (κ3) is 4.85. The molecule has 1 aromatic heterocycles. The maximum Gasteiger partial charge on any atom is 0.292 e. The molecule has 19 heavy (non-hydrogen) atoms. The van der Waals surface area contributed by atoms with Gasteiger partial charge in [-0.05, 0) is 12.3 Å². The number of allylic oxidation sites excluding steroid dienone is 1. The lowest BCUT2D eigenvalue weighted by atomic mass is 9.97. The molecule has 0 saturated heterocycles. The second-order valence-electron chi connectivity index (χ2n) is 5.70. The molecule has 0 bridgehead atoms. The summed E-state index contributed by atoms with van der Waals surface area (Å²) in [4.78, 5) is 16.0. The number of carbonyl (C=O) groups is 1. The van der Waals surface area contributed by atoms with Crippen molar-refractivity contribution in [1.29, 1.82) is 0 Å². The summed E-state index contributed by atoms with van der Waals surface area (Å²) >= 11 is 0. The van der Waals surface area contributed by atoms with Crippen molar-refractivity contribution < 1.29 is 9.32 Å². The smallest absolute Gasteiger partial charge is 0.292 e. The average molecular weight is 265 g/mol. The maximum atomic E-state index is 11.8. The predicted octanol–water partition coefficient (Wildman–Crippen LogP) is 2.70. The number of nitrogens with zero attached hydrogens (tertiary/aromatic N) is 2. The zero-order valence-corrected chi connectivity index (χ0v) is 12.4. The Morgan fingerprint density at radius 1 is 1.47 bits per heavy atom. The second-order valence-corrected chi connectivity index (χ2v) is 5.70. The third-order valence-corrected chi connectivity index (χ3v) is 2.56. The normalized spacial score (nSPS) is 13.7. The van der Waals surface area contributed by atoms with Gasteiger partial charge in [-0.2, -0.15) is 4.98 Å². The molecule has 1 rings (SSSR count). The van der Waals surface area contributed by atoms with Crippen molar-refractivity contribution in [2.45, 2.75) is 46.5 Å². The van der Waals surface area contributed by atoms with Crippen molar-refractivity contribution >= 4 is 5.91 Å². The first-order chi connectivity index (χ1) is 8.84. The fourth-order valence-electron chi connectivity index (χ4n) is 1.39. The first-order valence-electron chi connectivity index (χ1n) is 6.63. The Morgan fingerprint density at radius 3 is 2.68 bits per heavy atom. The van der Waals surface area contributed by atoms with Crippen molar-refractivity contribution in [3.8, 4) is 0 Å². The molecule has 0 aromatic carbocycles. The summed E-state index contributed by atoms with van der Waals surface area (Å²) in [6.45, 7) is 10.6. The molecule has 0 saturated carbocycles. The SMILES string of the molecule is CC/C=C\C(C)CNC(=O)c1noc(C(C)(C)C)n1. The van der Waals surface area contributed by atoms with E-state index >= 15 is 0 Å². The molecule has 106 valence electrons. The Balaban J connectivity index is 2.55. The summed E-state index contributed by atoms with van der Waals surface area (Å²) < 4.78 is 5.09. The molecule has 0 aliphatic rings. The lowest BCUT2D eigenvalue weighted by molar-refractivity contribution is 0.0937. The third-order valence-electron chi connectivity index (χ3n) is 2.56. The number of amides is 1. The van der Waals surface area contributed by atoms with Crippen LogP contribution in [0.25, 0.3) is 0 Å². The monoisotopic (exact) mass is 265 g/mol. The van der Waals surface area contributed by atoms with E-state index in [4.69, 9.17) is 4.52 Å². The molecule has 1 heterocycles. The summed E-state index contributed by atoms with van der Waals surface area (Å²) in [7, 11) is 0. The number of carbonyl (C=O) groups excluding carboxylic acids is 1. The van der Waals surface area contributed by atoms with E-state index in [2.05, 4.69) is 34.5 Å². The summed E-state index contributed by atoms with van der Waals surface area (Å²) in [5.74, 6) is 0.557. The molecule has 5 heteroatoms. The van der Waals surface area contributed by atoms with Crippen LogP contribution < -0.4 is 5.32 Å². The van der Waals surface area contributed by atoms with Crippen LogP contribution in [0, 0.1) is 5.92 Å². The van der Waals surface area contributed by atoms with Crippen LogP contribution in [0.4, 0.5) is 0 Å². The Morgan fingerprint density at radius 2 is 2.16 bits per heavy atom. The molecular formula is C14H23N3O2. The number of nitrogens with one attached hydrogen (secondary N) is 1. The molecule has 0 radical (unpaired) electrons. The maximum absolute atomic E-state index is 11.8. The lowest BCUT2D eigenvalue weighted by Crippen LogP contribution is -2.28. The Labute approximate surface area is 114 Å². The van der Waals surface area contributed by atoms with Gasteiger partial charge in [0.05, 0.1) is 0 Å². The van der Waals surface area contributed by atoms with Gasteiger partial charge in [0.25, 0.3) is 11.7 Å². The molecular weight excluding hydrogens is 242 g/mol. The van der Waals surface area contributed by atoms with Crippen LogP contribution in [-0.2, 0) is 5.41 Å². The van der Waals surface area contributed by atoms with Crippen molar-refractivity contribution in [3.63, 3.8) is 0 Å². The van der Waals surface area contributed by atoms with Crippen LogP contribution in [0.5, 0.6) is 0 Å². The molecule has 1 atom stereocenters. The highest BCUT2D eigenvalue weighted by atomic mass is 16.5. The summed E-state index contributed by atoms with van der Waals surface area (Å²) in [5, 5.41) is 6.50. The van der Waals surface area contributed by atoms with E-state index in [1.165, 1.54) is 0 Å². The van der Waals surface area contributed by atoms with Crippen molar-refractivity contribution in [3.05, 3.63) is 23.9 Å². The standard InChI is InChI=1S/C14H23N3O2/c1-6-7-8-10(2)9-15-12(18)11-16-13(19-17-11)14(3,4)5/h7-8,10H,6,9H2,1-5H3,(H,15,18)/b8-7-. The van der Waals surface area contributed by atoms with Crippen LogP contribution in [0.3, 0.4) is 0 Å². The zero-order valence-electron chi connectivity index (χ0n) is 12.4. The van der Waals surface area contributed by atoms with Crippen LogP contribution in [0.1, 0.15) is 57.5 Å². The molecule has 0 fully saturated rings. The summed E-state index contributed by atoms with van der Waals surface area (Å²) in [6.07, 6.45) is 5.16. The number of rotatable bonds is 5. The van der Waals surface area contributed by atoms with Gasteiger partial charge in [-0.3, -0.25) is 4.79 Å². The van der Waals surface area contributed by atoms with E-state index in [0.29, 0.717) is 12.4 Å². The first-order valence-corrected chi connectivity index (χ1v) is 6.63. The van der Waals surface area contributed by atoms with E-state index in [-0.39, 0.29) is 23.1 Å². The van der Waals surface area contributed by atoms with Gasteiger partial charge in [0.15, 0.2) is 0 Å². The minimum Gasteiger partial charge on any atom is -0.349 e. The second kappa shape index (κ2) is 6.50. The van der Waals surface area contributed by atoms with Gasteiger partial charge in [0.1, 0.15) is 0 Å². The Hall–Kier alpha value is -1.65. The van der Waals surface area contributed by atoms with E-state index in [1.54, 1.807) is 0 Å². The van der Waals surface area contributed by atoms with Crippen molar-refractivity contribution in [1.82, 2.24) is 15.5 Å². The summed E-state index contributed by atoms with van der Waals surface area (Å²) in [5.41, 5.74) is -0.247. The van der Waals surface area contributed by atoms with Gasteiger partial charge in [-0.25, -0.2) is 0 Å². The number of hydrogen-bond donors (Lipinski definition) is 1. The highest BCUT2D eigenvalue weighted by molar-refractivity contribution is 5.90. The Bertz CT molecular complexity index is 444. The quantitative estimate of drug-likeness (QED) is 0.831. The topological polar surface area (TPSA) is 68.0 Å². The zero-order chi connectivity index (χ0) is 14.5. The van der Waals surface area contributed by atoms with Crippen LogP contribution in [0.15, 0.2) is 16.7 Å². The molecule has 5 nitrogen and oxygen atoms in total. The Kier molecular flexibility index (Phi) is 5.27. The summed E-state index contributed by atoms with van der Waals surface area (Å²) in [6, 6.07) is 0. The predicted molar refractivity (Wildman–Crippen MR) is 73.9 cm³/mol. The van der Waals surface area contributed by atoms with E-state index in [9.17, 15) is 4.79 Å². The molecule has 1 unspecified atom stereocenters.